The maximum Gasteiger partial charge on any atom is 0.267 e. The van der Waals surface area contributed by atoms with E-state index in [4.69, 9.17) is 10.5 Å². The van der Waals surface area contributed by atoms with Crippen molar-refractivity contribution in [1.82, 2.24) is 4.98 Å². The third-order valence-corrected chi connectivity index (χ3v) is 5.11. The monoisotopic (exact) mass is 355 g/mol. The molecule has 7 heteroatoms. The predicted octanol–water partition coefficient (Wildman–Crippen LogP) is 2.87. The Hall–Kier alpha value is -2.67. The van der Waals surface area contributed by atoms with Crippen molar-refractivity contribution in [3.63, 3.8) is 0 Å². The zero-order valence-corrected chi connectivity index (χ0v) is 13.9. The van der Waals surface area contributed by atoms with Gasteiger partial charge in [-0.15, -0.1) is 11.8 Å². The third kappa shape index (κ3) is 2.42. The van der Waals surface area contributed by atoms with Crippen LogP contribution in [0.2, 0.25) is 0 Å². The number of carbonyl (C=O) groups is 1. The lowest BCUT2D eigenvalue weighted by Gasteiger charge is -2.31. The number of pyridine rings is 1. The number of thioether (sulfide) groups is 1. The summed E-state index contributed by atoms with van der Waals surface area (Å²) in [6, 6.07) is 9.06. The SMILES string of the molecule is NC(=O)c1ncc(F)c(C23COC=C2CSC=N3)c1-c1ccccc1. The van der Waals surface area contributed by atoms with Crippen LogP contribution in [0.15, 0.2) is 53.4 Å². The van der Waals surface area contributed by atoms with Gasteiger partial charge in [0.2, 0.25) is 0 Å². The molecule has 1 unspecified atom stereocenters. The van der Waals surface area contributed by atoms with E-state index in [9.17, 15) is 4.79 Å². The largest absolute Gasteiger partial charge is 0.498 e. The van der Waals surface area contributed by atoms with Crippen molar-refractivity contribution in [1.29, 1.82) is 0 Å². The summed E-state index contributed by atoms with van der Waals surface area (Å²) in [7, 11) is 0. The molecule has 2 aromatic rings. The highest BCUT2D eigenvalue weighted by atomic mass is 32.2. The normalized spacial score (nSPS) is 21.4. The topological polar surface area (TPSA) is 77.6 Å². The molecule has 4 rings (SSSR count). The Morgan fingerprint density at radius 1 is 1.32 bits per heavy atom. The number of fused-ring (bicyclic) bond motifs is 1. The highest BCUT2D eigenvalue weighted by Gasteiger charge is 2.46. The molecule has 0 aliphatic carbocycles. The molecule has 2 aliphatic rings. The first kappa shape index (κ1) is 15.8. The molecule has 1 amide bonds. The Bertz CT molecular complexity index is 914. The van der Waals surface area contributed by atoms with Crippen molar-refractivity contribution in [3.05, 3.63) is 65.4 Å². The lowest BCUT2D eigenvalue weighted by atomic mass is 9.80. The number of aromatic nitrogens is 1. The van der Waals surface area contributed by atoms with Gasteiger partial charge < -0.3 is 10.5 Å². The number of primary amides is 1. The van der Waals surface area contributed by atoms with Gasteiger partial charge in [-0.3, -0.25) is 9.79 Å². The molecule has 1 aromatic heterocycles. The van der Waals surface area contributed by atoms with Crippen molar-refractivity contribution in [2.75, 3.05) is 12.4 Å². The van der Waals surface area contributed by atoms with Crippen LogP contribution in [0.1, 0.15) is 16.1 Å². The summed E-state index contributed by atoms with van der Waals surface area (Å²) in [5, 5.41) is 0. The Balaban J connectivity index is 2.08. The Kier molecular flexibility index (Phi) is 3.80. The number of amides is 1. The number of aliphatic imine (C=N–C) groups is 1. The van der Waals surface area contributed by atoms with Crippen molar-refractivity contribution < 1.29 is 13.9 Å². The predicted molar refractivity (Wildman–Crippen MR) is 94.8 cm³/mol. The van der Waals surface area contributed by atoms with Crippen LogP contribution in [0, 0.1) is 5.82 Å². The fourth-order valence-corrected chi connectivity index (χ4v) is 4.06. The molecule has 0 bridgehead atoms. The van der Waals surface area contributed by atoms with E-state index in [1.807, 2.05) is 18.2 Å². The van der Waals surface area contributed by atoms with Crippen molar-refractivity contribution >= 4 is 23.2 Å². The summed E-state index contributed by atoms with van der Waals surface area (Å²) in [5.41, 5.74) is 8.42. The quantitative estimate of drug-likeness (QED) is 0.918. The van der Waals surface area contributed by atoms with Gasteiger partial charge in [-0.25, -0.2) is 9.37 Å². The van der Waals surface area contributed by atoms with E-state index >= 15 is 4.39 Å². The van der Waals surface area contributed by atoms with Crippen LogP contribution in [-0.4, -0.2) is 28.8 Å². The molecule has 0 spiro atoms. The van der Waals surface area contributed by atoms with Crippen LogP contribution in [0.25, 0.3) is 11.1 Å². The number of halogens is 1. The van der Waals surface area contributed by atoms with Crippen molar-refractivity contribution in [2.24, 2.45) is 10.7 Å². The minimum absolute atomic E-state index is 0.0247. The summed E-state index contributed by atoms with van der Waals surface area (Å²) in [6.45, 7) is 0.179. The smallest absolute Gasteiger partial charge is 0.267 e. The second-order valence-corrected chi connectivity index (χ2v) is 6.63. The molecule has 0 saturated carbocycles. The van der Waals surface area contributed by atoms with Gasteiger partial charge in [0.05, 0.1) is 18.0 Å². The van der Waals surface area contributed by atoms with Gasteiger partial charge in [-0.05, 0) is 5.56 Å². The summed E-state index contributed by atoms with van der Waals surface area (Å²) in [4.78, 5) is 20.5. The van der Waals surface area contributed by atoms with Gasteiger partial charge in [0.15, 0.2) is 0 Å². The molecule has 25 heavy (non-hydrogen) atoms. The molecule has 0 fully saturated rings. The minimum atomic E-state index is -0.992. The molecule has 2 N–H and O–H groups in total. The van der Waals surface area contributed by atoms with Gasteiger partial charge in [-0.1, -0.05) is 30.3 Å². The summed E-state index contributed by atoms with van der Waals surface area (Å²) >= 11 is 1.51. The van der Waals surface area contributed by atoms with E-state index in [2.05, 4.69) is 9.98 Å². The van der Waals surface area contributed by atoms with Gasteiger partial charge in [0, 0.05) is 22.5 Å². The lowest BCUT2D eigenvalue weighted by molar-refractivity contribution is 0.0996. The number of carbonyl (C=O) groups excluding carboxylic acids is 1. The van der Waals surface area contributed by atoms with Gasteiger partial charge >= 0.3 is 0 Å². The zero-order valence-electron chi connectivity index (χ0n) is 13.1. The van der Waals surface area contributed by atoms with E-state index in [1.165, 1.54) is 11.8 Å². The van der Waals surface area contributed by atoms with Crippen LogP contribution in [-0.2, 0) is 10.3 Å². The third-order valence-electron chi connectivity index (χ3n) is 4.38. The molecular weight excluding hydrogens is 341 g/mol. The molecule has 126 valence electrons. The Labute approximate surface area is 147 Å². The number of hydrogen-bond donors (Lipinski definition) is 1. The summed E-state index contributed by atoms with van der Waals surface area (Å²) in [5.74, 6) is -0.606. The molecule has 1 atom stereocenters. The molecule has 0 radical (unpaired) electrons. The summed E-state index contributed by atoms with van der Waals surface area (Å²) in [6.07, 6.45) is 2.66. The molecule has 3 heterocycles. The molecule has 2 aliphatic heterocycles. The van der Waals surface area contributed by atoms with Crippen LogP contribution in [0.5, 0.6) is 0 Å². The van der Waals surface area contributed by atoms with Crippen LogP contribution in [0.3, 0.4) is 0 Å². The van der Waals surface area contributed by atoms with Gasteiger partial charge in [-0.2, -0.15) is 0 Å². The standard InChI is InChI=1S/C18H14FN3O2S/c19-13-6-21-16(17(20)23)14(11-4-2-1-3-5-11)15(13)18-9-24-7-12(18)8-25-10-22-18/h1-7,10H,8-9H2,(H2,20,23). The molecule has 5 nitrogen and oxygen atoms in total. The first-order valence-corrected chi connectivity index (χ1v) is 8.69. The Morgan fingerprint density at radius 2 is 2.12 bits per heavy atom. The van der Waals surface area contributed by atoms with Gasteiger partial charge in [0.25, 0.3) is 5.91 Å². The average molecular weight is 355 g/mol. The van der Waals surface area contributed by atoms with E-state index in [0.29, 0.717) is 16.9 Å². The second-order valence-electron chi connectivity index (χ2n) is 5.79. The number of benzene rings is 1. The number of nitrogens with zero attached hydrogens (tertiary/aromatic N) is 2. The van der Waals surface area contributed by atoms with E-state index < -0.39 is 17.3 Å². The van der Waals surface area contributed by atoms with Gasteiger partial charge in [0.1, 0.15) is 23.7 Å². The van der Waals surface area contributed by atoms with E-state index in [-0.39, 0.29) is 17.9 Å². The highest BCUT2D eigenvalue weighted by molar-refractivity contribution is 8.12. The highest BCUT2D eigenvalue weighted by Crippen LogP contribution is 2.47. The molecule has 0 saturated heterocycles. The lowest BCUT2D eigenvalue weighted by Crippen LogP contribution is -2.34. The average Bonchev–Trinajstić information content (AvgIpc) is 3.06. The molecule has 1 aromatic carbocycles. The number of nitrogens with two attached hydrogens (primary N) is 1. The maximum atomic E-state index is 15.0. The van der Waals surface area contributed by atoms with Crippen molar-refractivity contribution in [3.8, 4) is 11.1 Å². The van der Waals surface area contributed by atoms with Crippen LogP contribution < -0.4 is 5.73 Å². The van der Waals surface area contributed by atoms with E-state index in [0.717, 1.165) is 11.8 Å². The summed E-state index contributed by atoms with van der Waals surface area (Å²) < 4.78 is 20.5. The first-order chi connectivity index (χ1) is 12.1. The van der Waals surface area contributed by atoms with Crippen molar-refractivity contribution in [2.45, 2.75) is 5.54 Å². The van der Waals surface area contributed by atoms with E-state index in [1.54, 1.807) is 23.9 Å². The number of hydrogen-bond acceptors (Lipinski definition) is 5. The fraction of sp³-hybridized carbons (Fsp3) is 0.167. The first-order valence-electron chi connectivity index (χ1n) is 7.64. The maximum absolute atomic E-state index is 15.0. The number of rotatable bonds is 3. The molecular formula is C18H14FN3O2S. The van der Waals surface area contributed by atoms with Crippen LogP contribution >= 0.6 is 11.8 Å². The second kappa shape index (κ2) is 6.00. The number of ether oxygens (including phenoxy) is 1. The van der Waals surface area contributed by atoms with Crippen LogP contribution in [0.4, 0.5) is 4.39 Å². The fourth-order valence-electron chi connectivity index (χ4n) is 3.24. The Morgan fingerprint density at radius 3 is 2.88 bits per heavy atom. The minimum Gasteiger partial charge on any atom is -0.498 e. The zero-order chi connectivity index (χ0) is 17.4.